The molecular formula is C11H13N3O3S. The number of nitrogen functional groups attached to an aromatic ring is 1. The van der Waals surface area contributed by atoms with Crippen LogP contribution in [0.15, 0.2) is 34.9 Å². The van der Waals surface area contributed by atoms with Gasteiger partial charge in [0, 0.05) is 18.7 Å². The Morgan fingerprint density at radius 3 is 2.61 bits per heavy atom. The van der Waals surface area contributed by atoms with E-state index >= 15 is 0 Å². The van der Waals surface area contributed by atoms with Crippen LogP contribution in [0.5, 0.6) is 0 Å². The van der Waals surface area contributed by atoms with Gasteiger partial charge in [-0.3, -0.25) is 4.31 Å². The highest BCUT2D eigenvalue weighted by molar-refractivity contribution is 7.92. The van der Waals surface area contributed by atoms with Crippen LogP contribution in [0.1, 0.15) is 0 Å². The van der Waals surface area contributed by atoms with Gasteiger partial charge >= 0.3 is 0 Å². The number of benzene rings is 1. The Balaban J connectivity index is 2.43. The summed E-state index contributed by atoms with van der Waals surface area (Å²) in [7, 11) is -1.79. The van der Waals surface area contributed by atoms with Crippen molar-refractivity contribution < 1.29 is 12.9 Å². The maximum Gasteiger partial charge on any atom is 0.231 e. The third kappa shape index (κ3) is 2.45. The largest absolute Gasteiger partial charge is 0.368 e. The predicted molar refractivity (Wildman–Crippen MR) is 69.6 cm³/mol. The molecule has 1 aromatic carbocycles. The van der Waals surface area contributed by atoms with Gasteiger partial charge in [0.1, 0.15) is 5.69 Å². The van der Waals surface area contributed by atoms with Gasteiger partial charge in [0.25, 0.3) is 0 Å². The molecule has 1 heterocycles. The fraction of sp³-hybridized carbons (Fsp3) is 0.182. The second-order valence-corrected chi connectivity index (χ2v) is 5.91. The van der Waals surface area contributed by atoms with Crippen LogP contribution < -0.4 is 10.0 Å². The number of nitrogens with two attached hydrogens (primary N) is 1. The summed E-state index contributed by atoms with van der Waals surface area (Å²) in [5.74, 6) is 0.215. The van der Waals surface area contributed by atoms with Gasteiger partial charge in [0.2, 0.25) is 15.9 Å². The number of rotatable bonds is 3. The molecule has 18 heavy (non-hydrogen) atoms. The minimum Gasteiger partial charge on any atom is -0.368 e. The van der Waals surface area contributed by atoms with E-state index in [1.807, 2.05) is 0 Å². The highest BCUT2D eigenvalue weighted by Gasteiger charge is 2.13. The molecule has 0 atom stereocenters. The van der Waals surface area contributed by atoms with Crippen LogP contribution in [0, 0.1) is 0 Å². The van der Waals surface area contributed by atoms with Crippen LogP contribution in [-0.4, -0.2) is 26.9 Å². The number of nitrogens with zero attached hydrogens (tertiary/aromatic N) is 2. The molecule has 0 bridgehead atoms. The van der Waals surface area contributed by atoms with E-state index in [-0.39, 0.29) is 5.88 Å². The van der Waals surface area contributed by atoms with Crippen LogP contribution in [0.25, 0.3) is 11.3 Å². The molecule has 2 rings (SSSR count). The summed E-state index contributed by atoms with van der Waals surface area (Å²) < 4.78 is 28.9. The first kappa shape index (κ1) is 12.4. The highest BCUT2D eigenvalue weighted by atomic mass is 32.2. The topological polar surface area (TPSA) is 89.4 Å². The lowest BCUT2D eigenvalue weighted by molar-refractivity contribution is 0.439. The number of aromatic nitrogens is 1. The Labute approximate surface area is 105 Å². The van der Waals surface area contributed by atoms with Crippen LogP contribution in [-0.2, 0) is 10.0 Å². The molecule has 6 nitrogen and oxygen atoms in total. The second-order valence-electron chi connectivity index (χ2n) is 3.90. The van der Waals surface area contributed by atoms with Crippen molar-refractivity contribution in [3.63, 3.8) is 0 Å². The maximum absolute atomic E-state index is 11.5. The monoisotopic (exact) mass is 267 g/mol. The van der Waals surface area contributed by atoms with Crippen molar-refractivity contribution in [2.45, 2.75) is 0 Å². The molecule has 2 N–H and O–H groups in total. The molecule has 0 unspecified atom stereocenters. The predicted octanol–water partition coefficient (Wildman–Crippen LogP) is 1.32. The molecule has 1 aromatic heterocycles. The van der Waals surface area contributed by atoms with Gasteiger partial charge in [-0.1, -0.05) is 17.3 Å². The maximum atomic E-state index is 11.5. The van der Waals surface area contributed by atoms with E-state index < -0.39 is 10.0 Å². The van der Waals surface area contributed by atoms with E-state index in [1.54, 1.807) is 30.3 Å². The first-order valence-corrected chi connectivity index (χ1v) is 6.99. The van der Waals surface area contributed by atoms with E-state index in [9.17, 15) is 8.42 Å². The Bertz CT molecular complexity index is 664. The van der Waals surface area contributed by atoms with Gasteiger partial charge < -0.3 is 10.3 Å². The van der Waals surface area contributed by atoms with Gasteiger partial charge in [-0.25, -0.2) is 8.42 Å². The molecule has 0 fully saturated rings. The SMILES string of the molecule is CN(c1cccc(-c2cc(N)on2)c1)S(C)(=O)=O. The van der Waals surface area contributed by atoms with Crippen molar-refractivity contribution in [1.29, 1.82) is 0 Å². The van der Waals surface area contributed by atoms with Gasteiger partial charge in [0.05, 0.1) is 11.9 Å². The van der Waals surface area contributed by atoms with E-state index in [1.165, 1.54) is 11.4 Å². The molecule has 96 valence electrons. The minimum atomic E-state index is -3.28. The molecule has 0 aliphatic heterocycles. The summed E-state index contributed by atoms with van der Waals surface area (Å²) in [6.45, 7) is 0. The van der Waals surface area contributed by atoms with Gasteiger partial charge in [0.15, 0.2) is 0 Å². The highest BCUT2D eigenvalue weighted by Crippen LogP contribution is 2.25. The molecule has 0 amide bonds. The minimum absolute atomic E-state index is 0.215. The standard InChI is InChI=1S/C11H13N3O3S/c1-14(18(2,15)16)9-5-3-4-8(6-9)10-7-11(12)17-13-10/h3-7H,12H2,1-2H3. The number of hydrogen-bond acceptors (Lipinski definition) is 5. The van der Waals surface area contributed by atoms with E-state index in [2.05, 4.69) is 5.16 Å². The molecule has 0 saturated heterocycles. The number of hydrogen-bond donors (Lipinski definition) is 1. The Morgan fingerprint density at radius 2 is 2.06 bits per heavy atom. The quantitative estimate of drug-likeness (QED) is 0.905. The second kappa shape index (κ2) is 4.34. The zero-order chi connectivity index (χ0) is 13.3. The zero-order valence-electron chi connectivity index (χ0n) is 9.99. The van der Waals surface area contributed by atoms with Gasteiger partial charge in [-0.2, -0.15) is 0 Å². The van der Waals surface area contributed by atoms with Gasteiger partial charge in [-0.05, 0) is 12.1 Å². The van der Waals surface area contributed by atoms with Crippen molar-refractivity contribution in [1.82, 2.24) is 5.16 Å². The molecule has 0 spiro atoms. The first-order valence-electron chi connectivity index (χ1n) is 5.14. The summed E-state index contributed by atoms with van der Waals surface area (Å²) >= 11 is 0. The summed E-state index contributed by atoms with van der Waals surface area (Å²) in [5.41, 5.74) is 7.31. The fourth-order valence-electron chi connectivity index (χ4n) is 1.48. The number of sulfonamides is 1. The normalized spacial score (nSPS) is 11.4. The third-order valence-corrected chi connectivity index (χ3v) is 3.74. The van der Waals surface area contributed by atoms with Crippen molar-refractivity contribution in [3.8, 4) is 11.3 Å². The lowest BCUT2D eigenvalue weighted by atomic mass is 10.1. The molecule has 0 aliphatic rings. The van der Waals surface area contributed by atoms with Crippen LogP contribution in [0.2, 0.25) is 0 Å². The lowest BCUT2D eigenvalue weighted by Crippen LogP contribution is -2.24. The molecular weight excluding hydrogens is 254 g/mol. The Kier molecular flexibility index (Phi) is 3.00. The molecule has 0 saturated carbocycles. The van der Waals surface area contributed by atoms with E-state index in [0.717, 1.165) is 11.8 Å². The molecule has 7 heteroatoms. The molecule has 2 aromatic rings. The van der Waals surface area contributed by atoms with Crippen LogP contribution in [0.4, 0.5) is 11.6 Å². The van der Waals surface area contributed by atoms with Gasteiger partial charge in [-0.15, -0.1) is 0 Å². The smallest absolute Gasteiger partial charge is 0.231 e. The average Bonchev–Trinajstić information content (AvgIpc) is 2.74. The van der Waals surface area contributed by atoms with Crippen molar-refractivity contribution >= 4 is 21.6 Å². The summed E-state index contributed by atoms with van der Waals surface area (Å²) in [4.78, 5) is 0. The average molecular weight is 267 g/mol. The Hall–Kier alpha value is -2.02. The first-order chi connectivity index (χ1) is 8.38. The number of anilines is 2. The van der Waals surface area contributed by atoms with Crippen molar-refractivity contribution in [2.75, 3.05) is 23.3 Å². The van der Waals surface area contributed by atoms with E-state index in [0.29, 0.717) is 11.4 Å². The lowest BCUT2D eigenvalue weighted by Gasteiger charge is -2.16. The van der Waals surface area contributed by atoms with Crippen LogP contribution in [0.3, 0.4) is 0 Å². The van der Waals surface area contributed by atoms with E-state index in [4.69, 9.17) is 10.3 Å². The third-order valence-electron chi connectivity index (χ3n) is 2.53. The molecule has 0 aliphatic carbocycles. The van der Waals surface area contributed by atoms with Crippen molar-refractivity contribution in [2.24, 2.45) is 0 Å². The van der Waals surface area contributed by atoms with Crippen LogP contribution >= 0.6 is 0 Å². The summed E-state index contributed by atoms with van der Waals surface area (Å²) in [6, 6.07) is 8.54. The fourth-order valence-corrected chi connectivity index (χ4v) is 1.97. The van der Waals surface area contributed by atoms with Crippen molar-refractivity contribution in [3.05, 3.63) is 30.3 Å². The summed E-state index contributed by atoms with van der Waals surface area (Å²) in [6.07, 6.45) is 1.15. The summed E-state index contributed by atoms with van der Waals surface area (Å²) in [5, 5.41) is 3.78. The zero-order valence-corrected chi connectivity index (χ0v) is 10.8. The molecule has 0 radical (unpaired) electrons. The Morgan fingerprint density at radius 1 is 1.33 bits per heavy atom.